The molecular weight excluding hydrogens is 282 g/mol. The molecule has 0 radical (unpaired) electrons. The number of fused-ring (bicyclic) bond motifs is 1. The van der Waals surface area contributed by atoms with Crippen LogP contribution in [0, 0.1) is 11.7 Å². The highest BCUT2D eigenvalue weighted by Crippen LogP contribution is 2.42. The molecule has 1 aliphatic carbocycles. The van der Waals surface area contributed by atoms with Gasteiger partial charge in [-0.1, -0.05) is 41.9 Å². The Balaban J connectivity index is 1.80. The van der Waals surface area contributed by atoms with Crippen molar-refractivity contribution in [2.45, 2.75) is 18.2 Å². The zero-order valence-electron chi connectivity index (χ0n) is 10.2. The van der Waals surface area contributed by atoms with Gasteiger partial charge < -0.3 is 0 Å². The van der Waals surface area contributed by atoms with Crippen molar-refractivity contribution in [1.29, 1.82) is 0 Å². The lowest BCUT2D eigenvalue weighted by atomic mass is 9.96. The van der Waals surface area contributed by atoms with Crippen LogP contribution in [-0.2, 0) is 12.8 Å². The van der Waals surface area contributed by atoms with Gasteiger partial charge in [0.05, 0.1) is 10.4 Å². The molecule has 98 valence electrons. The van der Waals surface area contributed by atoms with Crippen molar-refractivity contribution in [3.05, 3.63) is 70.0 Å². The molecule has 2 atom stereocenters. The summed E-state index contributed by atoms with van der Waals surface area (Å²) in [6.45, 7) is 0. The van der Waals surface area contributed by atoms with Crippen molar-refractivity contribution in [3.8, 4) is 0 Å². The van der Waals surface area contributed by atoms with E-state index in [1.807, 2.05) is 12.1 Å². The maximum atomic E-state index is 13.1. The number of benzene rings is 2. The van der Waals surface area contributed by atoms with Crippen LogP contribution in [0.1, 0.15) is 22.1 Å². The fourth-order valence-corrected chi connectivity index (χ4v) is 3.37. The summed E-state index contributed by atoms with van der Waals surface area (Å²) in [5.41, 5.74) is 3.58. The molecule has 0 aromatic heterocycles. The van der Waals surface area contributed by atoms with Crippen molar-refractivity contribution in [3.63, 3.8) is 0 Å². The van der Waals surface area contributed by atoms with E-state index in [-0.39, 0.29) is 16.2 Å². The smallest absolute Gasteiger partial charge is 0.141 e. The van der Waals surface area contributed by atoms with E-state index in [1.165, 1.54) is 17.2 Å². The summed E-state index contributed by atoms with van der Waals surface area (Å²) in [7, 11) is 0. The Morgan fingerprint density at radius 3 is 2.68 bits per heavy atom. The van der Waals surface area contributed by atoms with Gasteiger partial charge in [-0.2, -0.15) is 0 Å². The highest BCUT2D eigenvalue weighted by molar-refractivity contribution is 6.30. The maximum Gasteiger partial charge on any atom is 0.141 e. The zero-order valence-corrected chi connectivity index (χ0v) is 11.8. The summed E-state index contributed by atoms with van der Waals surface area (Å²) in [6, 6.07) is 13.2. The van der Waals surface area contributed by atoms with Crippen LogP contribution < -0.4 is 0 Å². The molecule has 0 amide bonds. The first-order chi connectivity index (χ1) is 9.15. The SMILES string of the molecule is Fc1ccc(CC2Cc3ccccc3C2Cl)cc1Cl. The lowest BCUT2D eigenvalue weighted by Crippen LogP contribution is -2.06. The summed E-state index contributed by atoms with van der Waals surface area (Å²) >= 11 is 12.3. The molecule has 2 aromatic rings. The predicted molar refractivity (Wildman–Crippen MR) is 77.3 cm³/mol. The van der Waals surface area contributed by atoms with Crippen LogP contribution in [0.15, 0.2) is 42.5 Å². The van der Waals surface area contributed by atoms with Crippen molar-refractivity contribution in [2.24, 2.45) is 5.92 Å². The molecule has 1 aliphatic rings. The van der Waals surface area contributed by atoms with Gasteiger partial charge in [-0.25, -0.2) is 4.39 Å². The summed E-state index contributed by atoms with van der Waals surface area (Å²) in [5.74, 6) is -0.0249. The second-order valence-corrected chi connectivity index (χ2v) is 5.89. The van der Waals surface area contributed by atoms with Gasteiger partial charge in [-0.15, -0.1) is 11.6 Å². The lowest BCUT2D eigenvalue weighted by Gasteiger charge is -2.14. The Morgan fingerprint density at radius 2 is 1.95 bits per heavy atom. The van der Waals surface area contributed by atoms with Crippen molar-refractivity contribution >= 4 is 23.2 Å². The quantitative estimate of drug-likeness (QED) is 0.670. The third-order valence-corrected chi connectivity index (χ3v) is 4.61. The van der Waals surface area contributed by atoms with E-state index in [0.717, 1.165) is 18.4 Å². The van der Waals surface area contributed by atoms with E-state index >= 15 is 0 Å². The Labute approximate surface area is 122 Å². The van der Waals surface area contributed by atoms with Gasteiger partial charge >= 0.3 is 0 Å². The summed E-state index contributed by atoms with van der Waals surface area (Å²) < 4.78 is 13.1. The minimum absolute atomic E-state index is 0.0278. The Bertz CT molecular complexity index is 609. The Hall–Kier alpha value is -1.05. The first-order valence-corrected chi connectivity index (χ1v) is 7.12. The van der Waals surface area contributed by atoms with E-state index in [9.17, 15) is 4.39 Å². The first-order valence-electron chi connectivity index (χ1n) is 6.31. The summed E-state index contributed by atoms with van der Waals surface area (Å²) in [5, 5.41) is 0.208. The monoisotopic (exact) mass is 294 g/mol. The molecule has 0 nitrogen and oxygen atoms in total. The van der Waals surface area contributed by atoms with Crippen LogP contribution >= 0.6 is 23.2 Å². The molecule has 3 rings (SSSR count). The minimum Gasteiger partial charge on any atom is -0.205 e. The van der Waals surface area contributed by atoms with Crippen molar-refractivity contribution in [2.75, 3.05) is 0 Å². The predicted octanol–water partition coefficient (Wildman–Crippen LogP) is 5.17. The molecular formula is C16H13Cl2F. The Kier molecular flexibility index (Phi) is 3.51. The van der Waals surface area contributed by atoms with Crippen LogP contribution in [0.5, 0.6) is 0 Å². The topological polar surface area (TPSA) is 0 Å². The fourth-order valence-electron chi connectivity index (χ4n) is 2.77. The molecule has 3 heteroatoms. The molecule has 2 unspecified atom stereocenters. The van der Waals surface area contributed by atoms with Crippen LogP contribution in [0.25, 0.3) is 0 Å². The molecule has 0 spiro atoms. The molecule has 2 aromatic carbocycles. The molecule has 0 heterocycles. The van der Waals surface area contributed by atoms with Gasteiger partial charge in [-0.3, -0.25) is 0 Å². The van der Waals surface area contributed by atoms with Crippen molar-refractivity contribution in [1.82, 2.24) is 0 Å². The highest BCUT2D eigenvalue weighted by atomic mass is 35.5. The first kappa shape index (κ1) is 13.0. The standard InChI is InChI=1S/C16H13Cl2F/c17-14-8-10(5-6-15(14)19)7-12-9-11-3-1-2-4-13(11)16(12)18/h1-6,8,12,16H,7,9H2. The third kappa shape index (κ3) is 2.50. The number of alkyl halides is 1. The lowest BCUT2D eigenvalue weighted by molar-refractivity contribution is 0.542. The van der Waals surface area contributed by atoms with Gasteiger partial charge in [0.1, 0.15) is 5.82 Å². The van der Waals surface area contributed by atoms with Gasteiger partial charge in [0.15, 0.2) is 0 Å². The number of hydrogen-bond acceptors (Lipinski definition) is 0. The van der Waals surface area contributed by atoms with Crippen LogP contribution in [0.4, 0.5) is 4.39 Å². The minimum atomic E-state index is -0.373. The van der Waals surface area contributed by atoms with E-state index in [1.54, 1.807) is 12.1 Å². The van der Waals surface area contributed by atoms with Gasteiger partial charge in [0.25, 0.3) is 0 Å². The average molecular weight is 295 g/mol. The largest absolute Gasteiger partial charge is 0.205 e. The third-order valence-electron chi connectivity index (χ3n) is 3.73. The number of rotatable bonds is 2. The van der Waals surface area contributed by atoms with E-state index in [0.29, 0.717) is 5.92 Å². The second-order valence-electron chi connectivity index (χ2n) is 5.02. The van der Waals surface area contributed by atoms with Gasteiger partial charge in [0, 0.05) is 0 Å². The number of halogens is 3. The van der Waals surface area contributed by atoms with Crippen molar-refractivity contribution < 1.29 is 4.39 Å². The van der Waals surface area contributed by atoms with E-state index in [2.05, 4.69) is 12.1 Å². The second kappa shape index (κ2) is 5.15. The van der Waals surface area contributed by atoms with Gasteiger partial charge in [-0.05, 0) is 47.6 Å². The zero-order chi connectivity index (χ0) is 13.4. The van der Waals surface area contributed by atoms with E-state index in [4.69, 9.17) is 23.2 Å². The average Bonchev–Trinajstić information content (AvgIpc) is 2.72. The molecule has 0 fully saturated rings. The van der Waals surface area contributed by atoms with Crippen LogP contribution in [0.3, 0.4) is 0 Å². The highest BCUT2D eigenvalue weighted by Gasteiger charge is 2.30. The fraction of sp³-hybridized carbons (Fsp3) is 0.250. The Morgan fingerprint density at radius 1 is 1.16 bits per heavy atom. The van der Waals surface area contributed by atoms with E-state index < -0.39 is 0 Å². The summed E-state index contributed by atoms with van der Waals surface area (Å²) in [6.07, 6.45) is 1.79. The molecule has 0 saturated heterocycles. The van der Waals surface area contributed by atoms with Gasteiger partial charge in [0.2, 0.25) is 0 Å². The number of hydrogen-bond donors (Lipinski definition) is 0. The normalized spacial score (nSPS) is 21.4. The molecule has 0 saturated carbocycles. The molecule has 0 bridgehead atoms. The summed E-state index contributed by atoms with van der Waals surface area (Å²) in [4.78, 5) is 0. The molecule has 19 heavy (non-hydrogen) atoms. The van der Waals surface area contributed by atoms with Crippen LogP contribution in [0.2, 0.25) is 5.02 Å². The van der Waals surface area contributed by atoms with Crippen LogP contribution in [-0.4, -0.2) is 0 Å². The molecule has 0 N–H and O–H groups in total. The maximum absolute atomic E-state index is 13.1. The molecule has 0 aliphatic heterocycles.